The summed E-state index contributed by atoms with van der Waals surface area (Å²) in [5.41, 5.74) is 5.38. The molecule has 0 aliphatic rings. The van der Waals surface area contributed by atoms with Crippen molar-refractivity contribution >= 4 is 22.5 Å². The van der Waals surface area contributed by atoms with Gasteiger partial charge in [0.2, 0.25) is 0 Å². The summed E-state index contributed by atoms with van der Waals surface area (Å²) < 4.78 is 11.2. The standard InChI is InChI=1S/C29H35N5O2/c1-19(2)16-36-17-25-33-27(31-22-11-9-21(10-12-22)29(4,5)18-35-6)23-13-14-24(32-28(23)34-25)26-20(3)8-7-15-30-26/h7-15,19H,16-18H2,1-6H3,(H,31,32,33,34). The predicted octanol–water partition coefficient (Wildman–Crippen LogP) is 6.24. The first-order valence-corrected chi connectivity index (χ1v) is 12.3. The van der Waals surface area contributed by atoms with Gasteiger partial charge >= 0.3 is 0 Å². The van der Waals surface area contributed by atoms with Crippen molar-refractivity contribution in [3.05, 3.63) is 71.7 Å². The van der Waals surface area contributed by atoms with Gasteiger partial charge in [-0.05, 0) is 54.3 Å². The van der Waals surface area contributed by atoms with Crippen LogP contribution in [0, 0.1) is 12.8 Å². The van der Waals surface area contributed by atoms with E-state index in [0.29, 0.717) is 43.0 Å². The maximum atomic E-state index is 5.84. The molecule has 0 amide bonds. The number of anilines is 2. The number of nitrogens with zero attached hydrogens (tertiary/aromatic N) is 4. The quantitative estimate of drug-likeness (QED) is 0.285. The third-order valence-electron chi connectivity index (χ3n) is 5.97. The van der Waals surface area contributed by atoms with Gasteiger partial charge in [-0.3, -0.25) is 4.98 Å². The molecule has 0 radical (unpaired) electrons. The van der Waals surface area contributed by atoms with Crippen molar-refractivity contribution in [1.29, 1.82) is 0 Å². The van der Waals surface area contributed by atoms with Gasteiger partial charge in [0.25, 0.3) is 0 Å². The van der Waals surface area contributed by atoms with Crippen LogP contribution in [0.1, 0.15) is 44.6 Å². The van der Waals surface area contributed by atoms with Crippen LogP contribution < -0.4 is 5.32 Å². The SMILES string of the molecule is COCC(C)(C)c1ccc(Nc2nc(COCC(C)C)nc3nc(-c4ncccc4C)ccc23)cc1. The Kier molecular flexibility index (Phi) is 7.91. The lowest BCUT2D eigenvalue weighted by atomic mass is 9.85. The van der Waals surface area contributed by atoms with Crippen molar-refractivity contribution in [2.75, 3.05) is 25.6 Å². The molecule has 0 saturated carbocycles. The van der Waals surface area contributed by atoms with Gasteiger partial charge < -0.3 is 14.8 Å². The highest BCUT2D eigenvalue weighted by atomic mass is 16.5. The lowest BCUT2D eigenvalue weighted by Gasteiger charge is -2.24. The van der Waals surface area contributed by atoms with Crippen LogP contribution in [0.15, 0.2) is 54.7 Å². The second kappa shape index (κ2) is 11.1. The number of aryl methyl sites for hydroxylation is 1. The fourth-order valence-corrected chi connectivity index (χ4v) is 4.07. The summed E-state index contributed by atoms with van der Waals surface area (Å²) in [7, 11) is 1.73. The summed E-state index contributed by atoms with van der Waals surface area (Å²) in [4.78, 5) is 18.9. The lowest BCUT2D eigenvalue weighted by Crippen LogP contribution is -2.23. The van der Waals surface area contributed by atoms with Gasteiger partial charge in [0.15, 0.2) is 11.5 Å². The molecule has 3 heterocycles. The van der Waals surface area contributed by atoms with Crippen LogP contribution in [0.2, 0.25) is 0 Å². The lowest BCUT2D eigenvalue weighted by molar-refractivity contribution is 0.0925. The Hall–Kier alpha value is -3.42. The van der Waals surface area contributed by atoms with E-state index < -0.39 is 0 Å². The highest BCUT2D eigenvalue weighted by molar-refractivity contribution is 5.90. The van der Waals surface area contributed by atoms with Gasteiger partial charge in [-0.25, -0.2) is 15.0 Å². The van der Waals surface area contributed by atoms with E-state index in [9.17, 15) is 0 Å². The second-order valence-electron chi connectivity index (χ2n) is 10.2. The van der Waals surface area contributed by atoms with Crippen LogP contribution in [0.25, 0.3) is 22.4 Å². The molecule has 4 aromatic rings. The zero-order chi connectivity index (χ0) is 25.7. The molecule has 7 nitrogen and oxygen atoms in total. The Balaban J connectivity index is 1.70. The number of nitrogens with one attached hydrogen (secondary N) is 1. The third kappa shape index (κ3) is 6.04. The second-order valence-corrected chi connectivity index (χ2v) is 10.2. The molecule has 1 N–H and O–H groups in total. The Morgan fingerprint density at radius 3 is 2.44 bits per heavy atom. The molecule has 0 aliphatic carbocycles. The smallest absolute Gasteiger partial charge is 0.165 e. The number of benzene rings is 1. The van der Waals surface area contributed by atoms with E-state index in [1.165, 1.54) is 5.56 Å². The average Bonchev–Trinajstić information content (AvgIpc) is 2.84. The highest BCUT2D eigenvalue weighted by Gasteiger charge is 2.20. The topological polar surface area (TPSA) is 82.0 Å². The minimum absolute atomic E-state index is 0.0697. The summed E-state index contributed by atoms with van der Waals surface area (Å²) in [5, 5.41) is 4.31. The summed E-state index contributed by atoms with van der Waals surface area (Å²) in [6, 6.07) is 16.3. The maximum absolute atomic E-state index is 5.84. The first-order valence-electron chi connectivity index (χ1n) is 12.3. The molecule has 36 heavy (non-hydrogen) atoms. The van der Waals surface area contributed by atoms with Gasteiger partial charge in [0.1, 0.15) is 12.4 Å². The number of hydrogen-bond acceptors (Lipinski definition) is 7. The van der Waals surface area contributed by atoms with Gasteiger partial charge in [0, 0.05) is 31.0 Å². The molecule has 1 aromatic carbocycles. The first kappa shape index (κ1) is 25.7. The van der Waals surface area contributed by atoms with Crippen molar-refractivity contribution < 1.29 is 9.47 Å². The van der Waals surface area contributed by atoms with E-state index in [0.717, 1.165) is 28.0 Å². The van der Waals surface area contributed by atoms with E-state index >= 15 is 0 Å². The Bertz CT molecular complexity index is 1320. The minimum atomic E-state index is -0.0697. The Morgan fingerprint density at radius 1 is 0.972 bits per heavy atom. The van der Waals surface area contributed by atoms with E-state index in [4.69, 9.17) is 24.4 Å². The van der Waals surface area contributed by atoms with Crippen LogP contribution in [0.5, 0.6) is 0 Å². The van der Waals surface area contributed by atoms with Gasteiger partial charge in [-0.15, -0.1) is 0 Å². The monoisotopic (exact) mass is 485 g/mol. The Morgan fingerprint density at radius 2 is 1.75 bits per heavy atom. The maximum Gasteiger partial charge on any atom is 0.165 e. The zero-order valence-electron chi connectivity index (χ0n) is 22.0. The normalized spacial score (nSPS) is 11.9. The molecule has 0 atom stereocenters. The third-order valence-corrected chi connectivity index (χ3v) is 5.97. The number of pyridine rings is 2. The fraction of sp³-hybridized carbons (Fsp3) is 0.379. The largest absolute Gasteiger partial charge is 0.384 e. The van der Waals surface area contributed by atoms with Gasteiger partial charge in [-0.1, -0.05) is 45.9 Å². The summed E-state index contributed by atoms with van der Waals surface area (Å²) in [5.74, 6) is 1.72. The summed E-state index contributed by atoms with van der Waals surface area (Å²) in [6.07, 6.45) is 1.78. The zero-order valence-corrected chi connectivity index (χ0v) is 22.0. The van der Waals surface area contributed by atoms with Gasteiger partial charge in [-0.2, -0.15) is 0 Å². The molecule has 4 rings (SSSR count). The van der Waals surface area contributed by atoms with Crippen LogP contribution >= 0.6 is 0 Å². The van der Waals surface area contributed by atoms with Crippen molar-refractivity contribution in [3.63, 3.8) is 0 Å². The van der Waals surface area contributed by atoms with Crippen LogP contribution in [-0.4, -0.2) is 40.3 Å². The van der Waals surface area contributed by atoms with Crippen LogP contribution in [0.4, 0.5) is 11.5 Å². The molecule has 0 spiro atoms. The van der Waals surface area contributed by atoms with E-state index in [-0.39, 0.29) is 5.41 Å². The van der Waals surface area contributed by atoms with E-state index in [1.54, 1.807) is 13.3 Å². The predicted molar refractivity (Wildman–Crippen MR) is 144 cm³/mol. The number of rotatable bonds is 10. The fourth-order valence-electron chi connectivity index (χ4n) is 4.07. The van der Waals surface area contributed by atoms with E-state index in [1.807, 2.05) is 31.2 Å². The summed E-state index contributed by atoms with van der Waals surface area (Å²) in [6.45, 7) is 12.2. The van der Waals surface area contributed by atoms with Crippen LogP contribution in [0.3, 0.4) is 0 Å². The van der Waals surface area contributed by atoms with Crippen molar-refractivity contribution in [1.82, 2.24) is 19.9 Å². The van der Waals surface area contributed by atoms with Crippen LogP contribution in [-0.2, 0) is 21.5 Å². The molecule has 3 aromatic heterocycles. The minimum Gasteiger partial charge on any atom is -0.384 e. The highest BCUT2D eigenvalue weighted by Crippen LogP contribution is 2.29. The molecule has 0 fully saturated rings. The number of aromatic nitrogens is 4. The molecule has 7 heteroatoms. The molecular formula is C29H35N5O2. The number of ether oxygens (including phenoxy) is 2. The summed E-state index contributed by atoms with van der Waals surface area (Å²) >= 11 is 0. The van der Waals surface area contributed by atoms with E-state index in [2.05, 4.69) is 62.3 Å². The number of hydrogen-bond donors (Lipinski definition) is 1. The number of methoxy groups -OCH3 is 1. The molecule has 0 unspecified atom stereocenters. The molecular weight excluding hydrogens is 450 g/mol. The molecule has 0 bridgehead atoms. The first-order chi connectivity index (χ1) is 17.3. The Labute approximate surface area is 213 Å². The average molecular weight is 486 g/mol. The van der Waals surface area contributed by atoms with Crippen molar-refractivity contribution in [2.45, 2.75) is 46.6 Å². The van der Waals surface area contributed by atoms with Gasteiger partial charge in [0.05, 0.1) is 23.4 Å². The molecule has 0 aliphatic heterocycles. The molecule has 0 saturated heterocycles. The van der Waals surface area contributed by atoms with Crippen molar-refractivity contribution in [2.24, 2.45) is 5.92 Å². The number of fused-ring (bicyclic) bond motifs is 1. The molecule has 188 valence electrons. The van der Waals surface area contributed by atoms with Crippen molar-refractivity contribution in [3.8, 4) is 11.4 Å².